The van der Waals surface area contributed by atoms with E-state index in [4.69, 9.17) is 0 Å². The van der Waals surface area contributed by atoms with Crippen LogP contribution in [-0.2, 0) is 6.54 Å². The van der Waals surface area contributed by atoms with Crippen molar-refractivity contribution in [3.63, 3.8) is 0 Å². The van der Waals surface area contributed by atoms with Gasteiger partial charge in [-0.25, -0.2) is 18.4 Å². The van der Waals surface area contributed by atoms with E-state index < -0.39 is 0 Å². The van der Waals surface area contributed by atoms with Crippen molar-refractivity contribution in [1.82, 2.24) is 14.3 Å². The Balaban J connectivity index is 1.92. The van der Waals surface area contributed by atoms with Gasteiger partial charge in [0.2, 0.25) is 0 Å². The molecule has 0 saturated carbocycles. The predicted molar refractivity (Wildman–Crippen MR) is 81.0 cm³/mol. The summed E-state index contributed by atoms with van der Waals surface area (Å²) in [4.78, 5) is 12.3. The third kappa shape index (κ3) is 2.95. The Bertz CT molecular complexity index is 823. The smallest absolute Gasteiger partial charge is 0.250 e. The van der Waals surface area contributed by atoms with Crippen LogP contribution in [0.1, 0.15) is 5.56 Å². The largest absolute Gasteiger partial charge is 0.350 e. The van der Waals surface area contributed by atoms with E-state index >= 15 is 0 Å². The van der Waals surface area contributed by atoms with Crippen LogP contribution in [0, 0.1) is 5.82 Å². The Morgan fingerprint density at radius 2 is 1.90 bits per heavy atom. The minimum Gasteiger partial charge on any atom is -0.250 e. The molecule has 6 heteroatoms. The first-order chi connectivity index (χ1) is 10.1. The van der Waals surface area contributed by atoms with Gasteiger partial charge in [0.15, 0.2) is 0 Å². The lowest BCUT2D eigenvalue weighted by Gasteiger charge is -2.02. The predicted octanol–water partition coefficient (Wildman–Crippen LogP) is 2.98. The van der Waals surface area contributed by atoms with Gasteiger partial charge in [-0.15, -0.1) is 0 Å². The van der Waals surface area contributed by atoms with Gasteiger partial charge in [-0.1, -0.05) is 28.1 Å². The molecule has 3 aromatic rings. The molecular formula is C15H11BrFN3O. The highest BCUT2D eigenvalue weighted by atomic mass is 79.9. The van der Waals surface area contributed by atoms with Gasteiger partial charge in [-0.05, 0) is 42.0 Å². The van der Waals surface area contributed by atoms with Gasteiger partial charge in [0.25, 0.3) is 0 Å². The van der Waals surface area contributed by atoms with Crippen LogP contribution in [0.4, 0.5) is 4.39 Å². The molecule has 0 radical (unpaired) electrons. The maximum Gasteiger partial charge on any atom is 0.350 e. The molecule has 0 N–H and O–H groups in total. The minimum absolute atomic E-state index is 0.236. The summed E-state index contributed by atoms with van der Waals surface area (Å²) >= 11 is 3.35. The number of aromatic nitrogens is 3. The standard InChI is InChI=1S/C15H11BrFN3O/c16-12-4-6-14(7-5-12)19-10-18-20(15(19)21)9-11-2-1-3-13(17)8-11/h1-8,10H,9H2. The summed E-state index contributed by atoms with van der Waals surface area (Å²) in [5.74, 6) is -0.326. The topological polar surface area (TPSA) is 39.8 Å². The van der Waals surface area contributed by atoms with Gasteiger partial charge < -0.3 is 0 Å². The second-order valence-corrected chi connectivity index (χ2v) is 5.46. The zero-order chi connectivity index (χ0) is 14.8. The SMILES string of the molecule is O=c1n(-c2ccc(Br)cc2)cnn1Cc1cccc(F)c1. The minimum atomic E-state index is -0.326. The summed E-state index contributed by atoms with van der Waals surface area (Å²) < 4.78 is 16.9. The molecule has 4 nitrogen and oxygen atoms in total. The van der Waals surface area contributed by atoms with Crippen LogP contribution in [0.5, 0.6) is 0 Å². The molecule has 106 valence electrons. The van der Waals surface area contributed by atoms with Crippen molar-refractivity contribution < 1.29 is 4.39 Å². The summed E-state index contributed by atoms with van der Waals surface area (Å²) in [6.07, 6.45) is 1.46. The normalized spacial score (nSPS) is 10.8. The van der Waals surface area contributed by atoms with E-state index in [9.17, 15) is 9.18 Å². The second kappa shape index (κ2) is 5.65. The van der Waals surface area contributed by atoms with Crippen LogP contribution in [0.15, 0.2) is 64.1 Å². The summed E-state index contributed by atoms with van der Waals surface area (Å²) in [7, 11) is 0. The van der Waals surface area contributed by atoms with Crippen molar-refractivity contribution in [3.8, 4) is 5.69 Å². The summed E-state index contributed by atoms with van der Waals surface area (Å²) in [6, 6.07) is 13.5. The number of benzene rings is 2. The molecular weight excluding hydrogens is 337 g/mol. The zero-order valence-corrected chi connectivity index (χ0v) is 12.5. The van der Waals surface area contributed by atoms with Crippen LogP contribution in [0.2, 0.25) is 0 Å². The quantitative estimate of drug-likeness (QED) is 0.730. The fourth-order valence-electron chi connectivity index (χ4n) is 2.03. The first-order valence-electron chi connectivity index (χ1n) is 6.28. The molecule has 21 heavy (non-hydrogen) atoms. The van der Waals surface area contributed by atoms with Gasteiger partial charge in [0.1, 0.15) is 12.1 Å². The summed E-state index contributed by atoms with van der Waals surface area (Å²) in [5, 5.41) is 4.07. The molecule has 0 amide bonds. The van der Waals surface area contributed by atoms with E-state index in [1.807, 2.05) is 24.3 Å². The maximum absolute atomic E-state index is 13.2. The van der Waals surface area contributed by atoms with E-state index in [0.717, 1.165) is 10.2 Å². The Morgan fingerprint density at radius 1 is 1.14 bits per heavy atom. The second-order valence-electron chi connectivity index (χ2n) is 4.55. The van der Waals surface area contributed by atoms with Crippen LogP contribution in [-0.4, -0.2) is 14.3 Å². The highest BCUT2D eigenvalue weighted by Gasteiger charge is 2.07. The third-order valence-electron chi connectivity index (χ3n) is 3.06. The maximum atomic E-state index is 13.2. The number of hydrogen-bond donors (Lipinski definition) is 0. The highest BCUT2D eigenvalue weighted by Crippen LogP contribution is 2.12. The van der Waals surface area contributed by atoms with Crippen LogP contribution in [0.3, 0.4) is 0 Å². The van der Waals surface area contributed by atoms with E-state index in [1.54, 1.807) is 12.1 Å². The number of rotatable bonds is 3. The molecule has 0 aliphatic heterocycles. The van der Waals surface area contributed by atoms with E-state index in [2.05, 4.69) is 21.0 Å². The Morgan fingerprint density at radius 3 is 2.62 bits per heavy atom. The third-order valence-corrected chi connectivity index (χ3v) is 3.59. The average Bonchev–Trinajstić information content (AvgIpc) is 2.81. The first kappa shape index (κ1) is 13.8. The summed E-state index contributed by atoms with van der Waals surface area (Å²) in [6.45, 7) is 0.236. The molecule has 0 bridgehead atoms. The van der Waals surface area contributed by atoms with Crippen molar-refractivity contribution in [3.05, 3.63) is 81.2 Å². The van der Waals surface area contributed by atoms with Crippen molar-refractivity contribution in [2.24, 2.45) is 0 Å². The number of nitrogens with zero attached hydrogens (tertiary/aromatic N) is 3. The highest BCUT2D eigenvalue weighted by molar-refractivity contribution is 9.10. The fraction of sp³-hybridized carbons (Fsp3) is 0.0667. The number of hydrogen-bond acceptors (Lipinski definition) is 2. The van der Waals surface area contributed by atoms with E-state index in [1.165, 1.54) is 27.7 Å². The van der Waals surface area contributed by atoms with Crippen molar-refractivity contribution in [2.75, 3.05) is 0 Å². The lowest BCUT2D eigenvalue weighted by Crippen LogP contribution is -2.24. The first-order valence-corrected chi connectivity index (χ1v) is 7.07. The molecule has 3 rings (SSSR count). The molecule has 2 aromatic carbocycles. The van der Waals surface area contributed by atoms with Crippen molar-refractivity contribution in [2.45, 2.75) is 6.54 Å². The molecule has 0 fully saturated rings. The fourth-order valence-corrected chi connectivity index (χ4v) is 2.30. The Kier molecular flexibility index (Phi) is 3.70. The zero-order valence-electron chi connectivity index (χ0n) is 10.9. The molecule has 0 unspecified atom stereocenters. The molecule has 0 aliphatic carbocycles. The molecule has 1 aromatic heterocycles. The van der Waals surface area contributed by atoms with E-state index in [0.29, 0.717) is 5.56 Å². The summed E-state index contributed by atoms with van der Waals surface area (Å²) in [5.41, 5.74) is 1.16. The Labute approximate surface area is 128 Å². The monoisotopic (exact) mass is 347 g/mol. The van der Waals surface area contributed by atoms with Gasteiger partial charge in [0.05, 0.1) is 12.2 Å². The van der Waals surface area contributed by atoms with Crippen LogP contribution >= 0.6 is 15.9 Å². The molecule has 0 aliphatic rings. The Hall–Kier alpha value is -2.21. The lowest BCUT2D eigenvalue weighted by molar-refractivity contribution is 0.614. The molecule has 0 atom stereocenters. The molecule has 0 spiro atoms. The van der Waals surface area contributed by atoms with Gasteiger partial charge in [-0.2, -0.15) is 5.10 Å². The molecule has 1 heterocycles. The number of halogens is 2. The molecule has 0 saturated heterocycles. The van der Waals surface area contributed by atoms with Gasteiger partial charge in [-0.3, -0.25) is 0 Å². The van der Waals surface area contributed by atoms with Crippen molar-refractivity contribution >= 4 is 15.9 Å². The average molecular weight is 348 g/mol. The van der Waals surface area contributed by atoms with Crippen LogP contribution in [0.25, 0.3) is 5.69 Å². The van der Waals surface area contributed by atoms with Gasteiger partial charge >= 0.3 is 5.69 Å². The van der Waals surface area contributed by atoms with Gasteiger partial charge in [0, 0.05) is 4.47 Å². The van der Waals surface area contributed by atoms with E-state index in [-0.39, 0.29) is 18.1 Å². The van der Waals surface area contributed by atoms with Crippen molar-refractivity contribution in [1.29, 1.82) is 0 Å². The lowest BCUT2D eigenvalue weighted by atomic mass is 10.2. The van der Waals surface area contributed by atoms with Crippen LogP contribution < -0.4 is 5.69 Å².